The lowest BCUT2D eigenvalue weighted by atomic mass is 10.1. The highest BCUT2D eigenvalue weighted by Crippen LogP contribution is 2.12. The first kappa shape index (κ1) is 28.1. The molecule has 170 valence electrons. The van der Waals surface area contributed by atoms with E-state index >= 15 is 0 Å². The Kier molecular flexibility index (Phi) is 19.7. The van der Waals surface area contributed by atoms with E-state index in [1.165, 1.54) is 77.0 Å². The summed E-state index contributed by atoms with van der Waals surface area (Å²) in [4.78, 5) is 22.3. The minimum Gasteiger partial charge on any atom is -0.333 e. The SMILES string of the molecule is CCCCCCCCCCC(C)=NOC1=NCCCCCCCCCCC1=O.Cl. The van der Waals surface area contributed by atoms with Gasteiger partial charge in [-0.15, -0.1) is 12.4 Å². The summed E-state index contributed by atoms with van der Waals surface area (Å²) in [5, 5.41) is 4.21. The second-order valence-corrected chi connectivity index (χ2v) is 8.33. The molecule has 1 heterocycles. The van der Waals surface area contributed by atoms with E-state index < -0.39 is 0 Å². The van der Waals surface area contributed by atoms with E-state index in [1.54, 1.807) is 0 Å². The number of carbonyl (C=O) groups excluding carboxylic acids is 1. The van der Waals surface area contributed by atoms with E-state index in [1.807, 2.05) is 6.92 Å². The Bertz CT molecular complexity index is 464. The van der Waals surface area contributed by atoms with E-state index in [0.717, 1.165) is 37.8 Å². The van der Waals surface area contributed by atoms with Crippen LogP contribution in [0.25, 0.3) is 0 Å². The van der Waals surface area contributed by atoms with Crippen LogP contribution in [0.5, 0.6) is 0 Å². The summed E-state index contributed by atoms with van der Waals surface area (Å²) in [5.41, 5.74) is 0.962. The smallest absolute Gasteiger partial charge is 0.287 e. The van der Waals surface area contributed by atoms with Gasteiger partial charge in [0, 0.05) is 13.0 Å². The van der Waals surface area contributed by atoms with Crippen LogP contribution in [0.1, 0.15) is 129 Å². The summed E-state index contributed by atoms with van der Waals surface area (Å²) in [5.74, 6) is 0.248. The highest BCUT2D eigenvalue weighted by atomic mass is 35.5. The average Bonchev–Trinajstić information content (AvgIpc) is 2.71. The Labute approximate surface area is 185 Å². The predicted octanol–water partition coefficient (Wildman–Crippen LogP) is 7.82. The zero-order valence-electron chi connectivity index (χ0n) is 19.1. The van der Waals surface area contributed by atoms with E-state index in [9.17, 15) is 4.79 Å². The first-order valence-corrected chi connectivity index (χ1v) is 12.0. The summed E-state index contributed by atoms with van der Waals surface area (Å²) in [6.07, 6.45) is 21.3. The molecule has 0 fully saturated rings. The first-order valence-electron chi connectivity index (χ1n) is 12.0. The van der Waals surface area contributed by atoms with Gasteiger partial charge in [-0.25, -0.2) is 4.99 Å². The first-order chi connectivity index (χ1) is 13.7. The largest absolute Gasteiger partial charge is 0.333 e. The molecule has 0 spiro atoms. The van der Waals surface area contributed by atoms with Crippen molar-refractivity contribution in [3.8, 4) is 0 Å². The Hall–Kier alpha value is -0.900. The number of carbonyl (C=O) groups is 1. The number of halogens is 1. The molecular formula is C24H45ClN2O2. The van der Waals surface area contributed by atoms with E-state index in [2.05, 4.69) is 17.1 Å². The molecule has 4 nitrogen and oxygen atoms in total. The summed E-state index contributed by atoms with van der Waals surface area (Å²) in [6, 6.07) is 0. The summed E-state index contributed by atoms with van der Waals surface area (Å²) in [7, 11) is 0. The number of oxime groups is 1. The second-order valence-electron chi connectivity index (χ2n) is 8.33. The molecule has 0 bridgehead atoms. The minimum atomic E-state index is 0. The quantitative estimate of drug-likeness (QED) is 0.202. The number of aliphatic imine (C=N–C) groups is 1. The highest BCUT2D eigenvalue weighted by molar-refractivity contribution is 6.36. The maximum absolute atomic E-state index is 12.4. The van der Waals surface area contributed by atoms with Gasteiger partial charge in [-0.1, -0.05) is 95.6 Å². The molecule has 0 amide bonds. The molecule has 1 aliphatic heterocycles. The topological polar surface area (TPSA) is 51.0 Å². The van der Waals surface area contributed by atoms with Gasteiger partial charge in [0.25, 0.3) is 5.90 Å². The van der Waals surface area contributed by atoms with Gasteiger partial charge in [-0.3, -0.25) is 4.79 Å². The maximum Gasteiger partial charge on any atom is 0.287 e. The molecule has 0 N–H and O–H groups in total. The van der Waals surface area contributed by atoms with Crippen LogP contribution in [0.3, 0.4) is 0 Å². The minimum absolute atomic E-state index is 0. The van der Waals surface area contributed by atoms with Crippen molar-refractivity contribution < 1.29 is 9.63 Å². The third kappa shape index (κ3) is 16.6. The molecule has 0 saturated heterocycles. The van der Waals surface area contributed by atoms with Crippen LogP contribution >= 0.6 is 12.4 Å². The number of ketones is 1. The van der Waals surface area contributed by atoms with E-state index in [-0.39, 0.29) is 24.1 Å². The molecule has 0 saturated carbocycles. The monoisotopic (exact) mass is 428 g/mol. The van der Waals surface area contributed by atoms with Crippen LogP contribution in [0.15, 0.2) is 10.1 Å². The van der Waals surface area contributed by atoms with Crippen LogP contribution < -0.4 is 0 Å². The fourth-order valence-corrected chi connectivity index (χ4v) is 3.60. The van der Waals surface area contributed by atoms with Gasteiger partial charge in [0.1, 0.15) is 0 Å². The molecule has 29 heavy (non-hydrogen) atoms. The van der Waals surface area contributed by atoms with Gasteiger partial charge < -0.3 is 4.84 Å². The van der Waals surface area contributed by atoms with Gasteiger partial charge in [-0.05, 0) is 32.6 Å². The fourth-order valence-electron chi connectivity index (χ4n) is 3.60. The number of hydrogen-bond acceptors (Lipinski definition) is 4. The molecule has 0 radical (unpaired) electrons. The van der Waals surface area contributed by atoms with Gasteiger partial charge in [0.05, 0.1) is 5.71 Å². The Morgan fingerprint density at radius 3 is 2.07 bits per heavy atom. The lowest BCUT2D eigenvalue weighted by Crippen LogP contribution is -2.17. The number of Topliss-reactive ketones (excluding diaryl/α,β-unsaturated/α-hetero) is 1. The van der Waals surface area contributed by atoms with Crippen molar-refractivity contribution >= 4 is 29.8 Å². The molecule has 1 aliphatic rings. The van der Waals surface area contributed by atoms with Crippen LogP contribution in [0.4, 0.5) is 0 Å². The molecular weight excluding hydrogens is 384 g/mol. The number of hydrogen-bond donors (Lipinski definition) is 0. The van der Waals surface area contributed by atoms with Crippen LogP contribution in [0.2, 0.25) is 0 Å². The fraction of sp³-hybridized carbons (Fsp3) is 0.875. The van der Waals surface area contributed by atoms with Crippen LogP contribution in [-0.4, -0.2) is 23.9 Å². The van der Waals surface area contributed by atoms with E-state index in [0.29, 0.717) is 13.0 Å². The van der Waals surface area contributed by atoms with Crippen molar-refractivity contribution in [2.24, 2.45) is 10.1 Å². The highest BCUT2D eigenvalue weighted by Gasteiger charge is 2.14. The zero-order valence-corrected chi connectivity index (χ0v) is 19.9. The van der Waals surface area contributed by atoms with Crippen LogP contribution in [0, 0.1) is 0 Å². The molecule has 0 aromatic rings. The van der Waals surface area contributed by atoms with Gasteiger partial charge in [0.15, 0.2) is 0 Å². The van der Waals surface area contributed by atoms with Crippen LogP contribution in [-0.2, 0) is 9.63 Å². The van der Waals surface area contributed by atoms with Crippen molar-refractivity contribution in [3.63, 3.8) is 0 Å². The van der Waals surface area contributed by atoms with Gasteiger partial charge in [0.2, 0.25) is 5.78 Å². The van der Waals surface area contributed by atoms with Crippen molar-refractivity contribution in [2.45, 2.75) is 129 Å². The summed E-state index contributed by atoms with van der Waals surface area (Å²) in [6.45, 7) is 4.92. The molecule has 1 rings (SSSR count). The van der Waals surface area contributed by atoms with E-state index in [4.69, 9.17) is 4.84 Å². The normalized spacial score (nSPS) is 17.4. The average molecular weight is 429 g/mol. The van der Waals surface area contributed by atoms with Crippen molar-refractivity contribution in [2.75, 3.05) is 6.54 Å². The third-order valence-corrected chi connectivity index (χ3v) is 5.49. The van der Waals surface area contributed by atoms with Gasteiger partial charge >= 0.3 is 0 Å². The number of unbranched alkanes of at least 4 members (excludes halogenated alkanes) is 7. The maximum atomic E-state index is 12.4. The lowest BCUT2D eigenvalue weighted by Gasteiger charge is -2.05. The molecule has 0 unspecified atom stereocenters. The molecule has 0 aromatic heterocycles. The van der Waals surface area contributed by atoms with Crippen molar-refractivity contribution in [1.29, 1.82) is 0 Å². The Morgan fingerprint density at radius 1 is 0.862 bits per heavy atom. The lowest BCUT2D eigenvalue weighted by molar-refractivity contribution is -0.114. The molecule has 0 aliphatic carbocycles. The van der Waals surface area contributed by atoms with Crippen molar-refractivity contribution in [1.82, 2.24) is 0 Å². The Morgan fingerprint density at radius 2 is 1.41 bits per heavy atom. The molecule has 0 aromatic carbocycles. The summed E-state index contributed by atoms with van der Waals surface area (Å²) >= 11 is 0. The number of rotatable bonds is 10. The number of nitrogens with zero attached hydrogens (tertiary/aromatic N) is 2. The predicted molar refractivity (Wildman–Crippen MR) is 128 cm³/mol. The molecule has 5 heteroatoms. The van der Waals surface area contributed by atoms with Gasteiger partial charge in [-0.2, -0.15) is 0 Å². The molecule has 0 atom stereocenters. The zero-order chi connectivity index (χ0) is 20.3. The Balaban J connectivity index is 0.00000784. The third-order valence-electron chi connectivity index (χ3n) is 5.49. The second kappa shape index (κ2) is 20.4. The summed E-state index contributed by atoms with van der Waals surface area (Å²) < 4.78 is 0. The standard InChI is InChI=1S/C24H44N2O2.ClH/c1-3-4-5-6-7-10-13-16-19-22(2)26-28-24-23(27)20-17-14-11-8-9-12-15-18-21-25-24;/h3-21H2,1-2H3;1H. The van der Waals surface area contributed by atoms with Crippen molar-refractivity contribution in [3.05, 3.63) is 0 Å².